The molecule has 0 unspecified atom stereocenters. The van der Waals surface area contributed by atoms with E-state index < -0.39 is 0 Å². The molecule has 0 fully saturated rings. The highest BCUT2D eigenvalue weighted by atomic mass is 35.5. The van der Waals surface area contributed by atoms with Gasteiger partial charge in [-0.15, -0.1) is 11.3 Å². The molecule has 0 radical (unpaired) electrons. The number of amides is 1. The van der Waals surface area contributed by atoms with Crippen molar-refractivity contribution in [2.75, 3.05) is 6.61 Å². The zero-order chi connectivity index (χ0) is 15.2. The van der Waals surface area contributed by atoms with Gasteiger partial charge in [0.2, 0.25) is 0 Å². The van der Waals surface area contributed by atoms with E-state index in [-0.39, 0.29) is 12.5 Å². The summed E-state index contributed by atoms with van der Waals surface area (Å²) < 4.78 is 0. The van der Waals surface area contributed by atoms with Crippen LogP contribution in [0.1, 0.15) is 25.7 Å². The normalized spacial score (nSPS) is 9.86. The van der Waals surface area contributed by atoms with Crippen molar-refractivity contribution >= 4 is 28.8 Å². The van der Waals surface area contributed by atoms with Gasteiger partial charge in [-0.05, 0) is 30.7 Å². The molecule has 0 atom stereocenters. The number of nitrogens with one attached hydrogen (secondary N) is 1. The van der Waals surface area contributed by atoms with E-state index in [0.29, 0.717) is 17.1 Å². The van der Waals surface area contributed by atoms with E-state index in [1.165, 1.54) is 11.3 Å². The van der Waals surface area contributed by atoms with Crippen molar-refractivity contribution in [3.63, 3.8) is 0 Å². The molecule has 108 valence electrons. The van der Waals surface area contributed by atoms with Gasteiger partial charge < -0.3 is 10.4 Å². The lowest BCUT2D eigenvalue weighted by Gasteiger charge is -2.07. The SMILES string of the molecule is Cc1cccc(C(=O)NCc2ccc(C#CCO)s2)c1Cl. The van der Waals surface area contributed by atoms with Crippen molar-refractivity contribution in [3.05, 3.63) is 56.2 Å². The minimum Gasteiger partial charge on any atom is -0.384 e. The fraction of sp³-hybridized carbons (Fsp3) is 0.188. The Kier molecular flexibility index (Phi) is 5.40. The second-order valence-corrected chi connectivity index (χ2v) is 5.89. The van der Waals surface area contributed by atoms with Gasteiger partial charge in [0.05, 0.1) is 22.0 Å². The molecule has 0 spiro atoms. The predicted octanol–water partition coefficient (Wildman–Crippen LogP) is 2.98. The quantitative estimate of drug-likeness (QED) is 0.855. The van der Waals surface area contributed by atoms with Crippen molar-refractivity contribution in [1.82, 2.24) is 5.32 Å². The van der Waals surface area contributed by atoms with Gasteiger partial charge in [-0.2, -0.15) is 0 Å². The van der Waals surface area contributed by atoms with Gasteiger partial charge in [-0.3, -0.25) is 4.79 Å². The summed E-state index contributed by atoms with van der Waals surface area (Å²) in [5.41, 5.74) is 1.36. The van der Waals surface area contributed by atoms with Crippen LogP contribution in [0.25, 0.3) is 0 Å². The van der Waals surface area contributed by atoms with Crippen LogP contribution in [-0.2, 0) is 6.54 Å². The van der Waals surface area contributed by atoms with E-state index in [2.05, 4.69) is 17.2 Å². The van der Waals surface area contributed by atoms with Crippen molar-refractivity contribution in [2.24, 2.45) is 0 Å². The lowest BCUT2D eigenvalue weighted by Crippen LogP contribution is -2.22. The summed E-state index contributed by atoms with van der Waals surface area (Å²) in [5, 5.41) is 12.0. The first-order valence-electron chi connectivity index (χ1n) is 6.33. The fourth-order valence-corrected chi connectivity index (χ4v) is 2.79. The highest BCUT2D eigenvalue weighted by Crippen LogP contribution is 2.20. The van der Waals surface area contributed by atoms with E-state index >= 15 is 0 Å². The maximum atomic E-state index is 12.1. The van der Waals surface area contributed by atoms with Gasteiger partial charge in [0.1, 0.15) is 6.61 Å². The number of hydrogen-bond acceptors (Lipinski definition) is 3. The number of aliphatic hydroxyl groups excluding tert-OH is 1. The molecule has 2 aromatic rings. The van der Waals surface area contributed by atoms with Crippen LogP contribution >= 0.6 is 22.9 Å². The highest BCUT2D eigenvalue weighted by molar-refractivity contribution is 7.12. The first kappa shape index (κ1) is 15.6. The van der Waals surface area contributed by atoms with Gasteiger partial charge in [-0.25, -0.2) is 0 Å². The molecular weight excluding hydrogens is 306 g/mol. The highest BCUT2D eigenvalue weighted by Gasteiger charge is 2.11. The van der Waals surface area contributed by atoms with Crippen LogP contribution in [-0.4, -0.2) is 17.6 Å². The zero-order valence-corrected chi connectivity index (χ0v) is 13.0. The Bertz CT molecular complexity index is 713. The van der Waals surface area contributed by atoms with Crippen molar-refractivity contribution in [3.8, 4) is 11.8 Å². The largest absolute Gasteiger partial charge is 0.384 e. The summed E-state index contributed by atoms with van der Waals surface area (Å²) in [4.78, 5) is 14.0. The number of aryl methyl sites for hydroxylation is 1. The molecule has 0 saturated carbocycles. The third-order valence-corrected chi connectivity index (χ3v) is 4.31. The monoisotopic (exact) mass is 319 g/mol. The van der Waals surface area contributed by atoms with Gasteiger partial charge in [0, 0.05) is 4.88 Å². The van der Waals surface area contributed by atoms with Crippen molar-refractivity contribution < 1.29 is 9.90 Å². The standard InChI is InChI=1S/C16H14ClNO2S/c1-11-4-2-6-14(15(11)17)16(20)18-10-13-8-7-12(21-13)5-3-9-19/h2,4,6-8,19H,9-10H2,1H3,(H,18,20). The van der Waals surface area contributed by atoms with E-state index in [0.717, 1.165) is 15.3 Å². The zero-order valence-electron chi connectivity index (χ0n) is 11.4. The maximum Gasteiger partial charge on any atom is 0.253 e. The van der Waals surface area contributed by atoms with Gasteiger partial charge in [0.25, 0.3) is 5.91 Å². The lowest BCUT2D eigenvalue weighted by molar-refractivity contribution is 0.0951. The molecule has 3 nitrogen and oxygen atoms in total. The Hall–Kier alpha value is -1.80. The molecule has 0 aliphatic carbocycles. The van der Waals surface area contributed by atoms with E-state index in [1.807, 2.05) is 31.2 Å². The molecular formula is C16H14ClNO2S. The molecule has 1 heterocycles. The second-order valence-electron chi connectivity index (χ2n) is 4.34. The molecule has 2 rings (SSSR count). The van der Waals surface area contributed by atoms with Crippen LogP contribution in [0.4, 0.5) is 0 Å². The summed E-state index contributed by atoms with van der Waals surface area (Å²) in [5.74, 6) is 5.23. The summed E-state index contributed by atoms with van der Waals surface area (Å²) >= 11 is 7.62. The number of carbonyl (C=O) groups is 1. The summed E-state index contributed by atoms with van der Waals surface area (Å²) in [7, 11) is 0. The predicted molar refractivity (Wildman–Crippen MR) is 85.6 cm³/mol. The Morgan fingerprint density at radius 1 is 1.38 bits per heavy atom. The number of benzene rings is 1. The first-order valence-corrected chi connectivity index (χ1v) is 7.53. The molecule has 5 heteroatoms. The minimum atomic E-state index is -0.194. The van der Waals surface area contributed by atoms with E-state index in [4.69, 9.17) is 16.7 Å². The molecule has 2 N–H and O–H groups in total. The average molecular weight is 320 g/mol. The van der Waals surface area contributed by atoms with Crippen LogP contribution in [0.5, 0.6) is 0 Å². The molecule has 1 aromatic heterocycles. The molecule has 1 aromatic carbocycles. The Balaban J connectivity index is 2.01. The molecule has 0 aliphatic heterocycles. The van der Waals surface area contributed by atoms with Gasteiger partial charge in [-0.1, -0.05) is 35.6 Å². The Morgan fingerprint density at radius 2 is 2.19 bits per heavy atom. The van der Waals surface area contributed by atoms with Crippen LogP contribution in [0, 0.1) is 18.8 Å². The molecule has 0 saturated heterocycles. The average Bonchev–Trinajstić information content (AvgIpc) is 2.93. The maximum absolute atomic E-state index is 12.1. The van der Waals surface area contributed by atoms with Gasteiger partial charge in [0.15, 0.2) is 0 Å². The van der Waals surface area contributed by atoms with Crippen LogP contribution < -0.4 is 5.32 Å². The number of thiophene rings is 1. The number of hydrogen-bond donors (Lipinski definition) is 2. The Morgan fingerprint density at radius 3 is 2.95 bits per heavy atom. The van der Waals surface area contributed by atoms with Gasteiger partial charge >= 0.3 is 0 Å². The summed E-state index contributed by atoms with van der Waals surface area (Å²) in [6.45, 7) is 2.13. The first-order chi connectivity index (χ1) is 10.1. The second kappa shape index (κ2) is 7.28. The minimum absolute atomic E-state index is 0.157. The smallest absolute Gasteiger partial charge is 0.253 e. The van der Waals surface area contributed by atoms with Crippen LogP contribution in [0.2, 0.25) is 5.02 Å². The third kappa shape index (κ3) is 4.08. The fourth-order valence-electron chi connectivity index (χ4n) is 1.75. The number of carbonyl (C=O) groups excluding carboxylic acids is 1. The molecule has 1 amide bonds. The third-order valence-electron chi connectivity index (χ3n) is 2.81. The van der Waals surface area contributed by atoms with Crippen molar-refractivity contribution in [1.29, 1.82) is 0 Å². The van der Waals surface area contributed by atoms with Crippen molar-refractivity contribution in [2.45, 2.75) is 13.5 Å². The summed E-state index contributed by atoms with van der Waals surface area (Å²) in [6.07, 6.45) is 0. The Labute approximate surface area is 132 Å². The molecule has 0 bridgehead atoms. The number of aliphatic hydroxyl groups is 1. The van der Waals surface area contributed by atoms with E-state index in [1.54, 1.807) is 6.07 Å². The lowest BCUT2D eigenvalue weighted by atomic mass is 10.1. The number of halogens is 1. The van der Waals surface area contributed by atoms with Crippen LogP contribution in [0.3, 0.4) is 0 Å². The van der Waals surface area contributed by atoms with Crippen LogP contribution in [0.15, 0.2) is 30.3 Å². The topological polar surface area (TPSA) is 49.3 Å². The van der Waals surface area contributed by atoms with E-state index in [9.17, 15) is 4.79 Å². The molecule has 21 heavy (non-hydrogen) atoms. The number of rotatable bonds is 3. The summed E-state index contributed by atoms with van der Waals surface area (Å²) in [6, 6.07) is 9.16. The molecule has 0 aliphatic rings.